The second kappa shape index (κ2) is 6.26. The summed E-state index contributed by atoms with van der Waals surface area (Å²) in [5.74, 6) is -1.17. The summed E-state index contributed by atoms with van der Waals surface area (Å²) in [6.07, 6.45) is -0.698. The Bertz CT molecular complexity index is 676. The minimum absolute atomic E-state index is 0.0342. The molecule has 1 atom stereocenters. The van der Waals surface area contributed by atoms with E-state index in [1.54, 1.807) is 45.9 Å². The molecule has 1 amide bonds. The molecule has 0 spiro atoms. The van der Waals surface area contributed by atoms with Crippen molar-refractivity contribution in [3.63, 3.8) is 0 Å². The van der Waals surface area contributed by atoms with Crippen molar-refractivity contribution >= 4 is 17.8 Å². The number of hydrogen-bond acceptors (Lipinski definition) is 5. The zero-order valence-electron chi connectivity index (χ0n) is 14.7. The molecule has 2 rings (SSSR count). The van der Waals surface area contributed by atoms with Gasteiger partial charge in [0.25, 0.3) is 0 Å². The van der Waals surface area contributed by atoms with Gasteiger partial charge in [-0.1, -0.05) is 23.8 Å². The Morgan fingerprint density at radius 1 is 1.25 bits per heavy atom. The maximum atomic E-state index is 12.9. The Morgan fingerprint density at radius 3 is 2.46 bits per heavy atom. The molecule has 1 aliphatic heterocycles. The third-order valence-electron chi connectivity index (χ3n) is 3.63. The number of carbonyl (C=O) groups is 3. The summed E-state index contributed by atoms with van der Waals surface area (Å²) < 4.78 is 10.3. The fourth-order valence-corrected chi connectivity index (χ4v) is 2.47. The number of benzene rings is 1. The first kappa shape index (κ1) is 18.0. The van der Waals surface area contributed by atoms with E-state index in [9.17, 15) is 14.4 Å². The summed E-state index contributed by atoms with van der Waals surface area (Å²) in [6, 6.07) is 6.91. The molecule has 6 heteroatoms. The first-order valence-corrected chi connectivity index (χ1v) is 7.91. The Kier molecular flexibility index (Phi) is 4.69. The lowest BCUT2D eigenvalue weighted by Gasteiger charge is -2.21. The average Bonchev–Trinajstić information content (AvgIpc) is 3.22. The zero-order valence-corrected chi connectivity index (χ0v) is 14.7. The number of ketones is 1. The van der Waals surface area contributed by atoms with Crippen LogP contribution in [0.1, 0.15) is 43.6 Å². The molecule has 1 fully saturated rings. The molecule has 0 N–H and O–H groups in total. The third kappa shape index (κ3) is 3.42. The van der Waals surface area contributed by atoms with Gasteiger partial charge in [-0.05, 0) is 40.7 Å². The van der Waals surface area contributed by atoms with Gasteiger partial charge in [0, 0.05) is 5.56 Å². The van der Waals surface area contributed by atoms with E-state index in [0.717, 1.165) is 10.5 Å². The van der Waals surface area contributed by atoms with Gasteiger partial charge in [0.05, 0.1) is 13.2 Å². The molecular formula is C18H23NO5. The summed E-state index contributed by atoms with van der Waals surface area (Å²) >= 11 is 0. The zero-order chi connectivity index (χ0) is 18.1. The second-order valence-corrected chi connectivity index (χ2v) is 6.85. The quantitative estimate of drug-likeness (QED) is 0.367. The minimum Gasteiger partial charge on any atom is -0.464 e. The van der Waals surface area contributed by atoms with Gasteiger partial charge in [-0.25, -0.2) is 9.59 Å². The molecule has 0 aliphatic carbocycles. The number of rotatable bonds is 4. The van der Waals surface area contributed by atoms with Crippen LogP contribution in [-0.4, -0.2) is 47.0 Å². The molecule has 0 radical (unpaired) electrons. The summed E-state index contributed by atoms with van der Waals surface area (Å²) in [7, 11) is 0. The van der Waals surface area contributed by atoms with Gasteiger partial charge in [-0.15, -0.1) is 0 Å². The summed E-state index contributed by atoms with van der Waals surface area (Å²) in [5, 5.41) is 0. The highest BCUT2D eigenvalue weighted by Crippen LogP contribution is 2.38. The molecule has 1 aromatic carbocycles. The molecule has 1 aliphatic rings. The normalized spacial score (nSPS) is 19.6. The maximum Gasteiger partial charge on any atom is 0.411 e. The van der Waals surface area contributed by atoms with Crippen molar-refractivity contribution in [3.05, 3.63) is 35.4 Å². The fraction of sp³-hybridized carbons (Fsp3) is 0.500. The van der Waals surface area contributed by atoms with Gasteiger partial charge in [0.1, 0.15) is 5.60 Å². The van der Waals surface area contributed by atoms with E-state index in [-0.39, 0.29) is 13.2 Å². The Hall–Kier alpha value is -2.37. The van der Waals surface area contributed by atoms with Gasteiger partial charge in [-0.3, -0.25) is 9.69 Å². The van der Waals surface area contributed by atoms with E-state index in [0.29, 0.717) is 5.56 Å². The summed E-state index contributed by atoms with van der Waals surface area (Å²) in [4.78, 5) is 38.8. The molecule has 1 aromatic rings. The van der Waals surface area contributed by atoms with Crippen molar-refractivity contribution in [3.8, 4) is 0 Å². The average molecular weight is 333 g/mol. The Balaban J connectivity index is 2.32. The Labute approximate surface area is 141 Å². The number of esters is 1. The molecule has 130 valence electrons. The monoisotopic (exact) mass is 333 g/mol. The van der Waals surface area contributed by atoms with Crippen molar-refractivity contribution in [2.75, 3.05) is 13.2 Å². The number of hydrogen-bond donors (Lipinski definition) is 0. The number of amides is 1. The molecular weight excluding hydrogens is 310 g/mol. The molecule has 0 bridgehead atoms. The molecule has 24 heavy (non-hydrogen) atoms. The minimum atomic E-state index is -1.62. The van der Waals surface area contributed by atoms with Crippen LogP contribution in [0.3, 0.4) is 0 Å². The third-order valence-corrected chi connectivity index (χ3v) is 3.63. The fourth-order valence-electron chi connectivity index (χ4n) is 2.47. The van der Waals surface area contributed by atoms with Gasteiger partial charge < -0.3 is 9.47 Å². The van der Waals surface area contributed by atoms with Crippen LogP contribution in [0.2, 0.25) is 0 Å². The molecule has 0 aromatic heterocycles. The van der Waals surface area contributed by atoms with Gasteiger partial charge in [-0.2, -0.15) is 0 Å². The van der Waals surface area contributed by atoms with E-state index >= 15 is 0 Å². The number of Topliss-reactive ketones (excluding diaryl/α,β-unsaturated/α-hetero) is 1. The molecule has 6 nitrogen and oxygen atoms in total. The van der Waals surface area contributed by atoms with Gasteiger partial charge >= 0.3 is 12.1 Å². The first-order chi connectivity index (χ1) is 11.1. The second-order valence-electron chi connectivity index (χ2n) is 6.85. The number of aryl methyl sites for hydroxylation is 1. The van der Waals surface area contributed by atoms with Crippen LogP contribution in [0, 0.1) is 6.92 Å². The highest BCUT2D eigenvalue weighted by molar-refractivity contribution is 6.21. The SMILES string of the molecule is CCOC(=O)[C@]1(C(=O)c2cccc(C)c2)CN1C(=O)OC(C)(C)C. The topological polar surface area (TPSA) is 72.7 Å². The smallest absolute Gasteiger partial charge is 0.411 e. The van der Waals surface area contributed by atoms with Crippen LogP contribution in [0.5, 0.6) is 0 Å². The van der Waals surface area contributed by atoms with Crippen LogP contribution in [0.15, 0.2) is 24.3 Å². The van der Waals surface area contributed by atoms with E-state index in [4.69, 9.17) is 9.47 Å². The largest absolute Gasteiger partial charge is 0.464 e. The lowest BCUT2D eigenvalue weighted by atomic mass is 9.96. The van der Waals surface area contributed by atoms with Crippen molar-refractivity contribution in [2.24, 2.45) is 0 Å². The van der Waals surface area contributed by atoms with Crippen LogP contribution in [0.4, 0.5) is 4.79 Å². The van der Waals surface area contributed by atoms with Crippen LogP contribution in [0.25, 0.3) is 0 Å². The summed E-state index contributed by atoms with van der Waals surface area (Å²) in [5.41, 5.74) is -1.07. The number of carbonyl (C=O) groups excluding carboxylic acids is 3. The van der Waals surface area contributed by atoms with Crippen molar-refractivity contribution < 1.29 is 23.9 Å². The highest BCUT2D eigenvalue weighted by atomic mass is 16.6. The van der Waals surface area contributed by atoms with Crippen molar-refractivity contribution in [1.29, 1.82) is 0 Å². The van der Waals surface area contributed by atoms with Crippen molar-refractivity contribution in [2.45, 2.75) is 45.8 Å². The van der Waals surface area contributed by atoms with E-state index in [1.165, 1.54) is 0 Å². The van der Waals surface area contributed by atoms with Crippen LogP contribution < -0.4 is 0 Å². The van der Waals surface area contributed by atoms with Crippen molar-refractivity contribution in [1.82, 2.24) is 4.90 Å². The Morgan fingerprint density at radius 2 is 1.92 bits per heavy atom. The molecule has 0 unspecified atom stereocenters. The maximum absolute atomic E-state index is 12.9. The lowest BCUT2D eigenvalue weighted by molar-refractivity contribution is -0.145. The van der Waals surface area contributed by atoms with E-state index < -0.39 is 29.0 Å². The van der Waals surface area contributed by atoms with Gasteiger partial charge in [0.15, 0.2) is 0 Å². The molecule has 0 saturated carbocycles. The number of nitrogens with zero attached hydrogens (tertiary/aromatic N) is 1. The molecule has 1 heterocycles. The van der Waals surface area contributed by atoms with E-state index in [2.05, 4.69) is 0 Å². The lowest BCUT2D eigenvalue weighted by Crippen LogP contribution is -2.42. The first-order valence-electron chi connectivity index (χ1n) is 7.91. The predicted octanol–water partition coefficient (Wildman–Crippen LogP) is 2.73. The van der Waals surface area contributed by atoms with Gasteiger partial charge in [0.2, 0.25) is 11.3 Å². The number of ether oxygens (including phenoxy) is 2. The van der Waals surface area contributed by atoms with Crippen LogP contribution in [-0.2, 0) is 14.3 Å². The van der Waals surface area contributed by atoms with E-state index in [1.807, 2.05) is 13.0 Å². The predicted molar refractivity (Wildman–Crippen MR) is 87.8 cm³/mol. The molecule has 1 saturated heterocycles. The summed E-state index contributed by atoms with van der Waals surface area (Å²) in [6.45, 7) is 8.78. The highest BCUT2D eigenvalue weighted by Gasteiger charge is 2.68. The van der Waals surface area contributed by atoms with Crippen LogP contribution >= 0.6 is 0 Å². The standard InChI is InChI=1S/C18H23NO5/c1-6-23-15(21)18(11-19(18)16(22)24-17(3,4)5)14(20)13-9-7-8-12(2)10-13/h7-10H,6,11H2,1-5H3/t18-,19?/m1/s1.